The molecule has 2 heterocycles. The summed E-state index contributed by atoms with van der Waals surface area (Å²) in [5.41, 5.74) is 0. The highest BCUT2D eigenvalue weighted by atomic mass is 16.5. The number of hydrogen-bond acceptors (Lipinski definition) is 3. The molecule has 0 amide bonds. The van der Waals surface area contributed by atoms with Crippen LogP contribution >= 0.6 is 0 Å². The quantitative estimate of drug-likeness (QED) is 0.580. The largest absolute Gasteiger partial charge is 0.374 e. The van der Waals surface area contributed by atoms with Crippen molar-refractivity contribution >= 4 is 0 Å². The first-order valence-corrected chi connectivity index (χ1v) is 4.65. The molecule has 1 atom stereocenters. The summed E-state index contributed by atoms with van der Waals surface area (Å²) in [6.07, 6.45) is 4.84. The molecular formula is C9H16N2O. The average molecular weight is 168 g/mol. The van der Waals surface area contributed by atoms with E-state index in [1.807, 2.05) is 0 Å². The lowest BCUT2D eigenvalue weighted by Gasteiger charge is -2.27. The van der Waals surface area contributed by atoms with E-state index >= 15 is 0 Å². The monoisotopic (exact) mass is 168 g/mol. The van der Waals surface area contributed by atoms with Crippen LogP contribution in [0.3, 0.4) is 0 Å². The van der Waals surface area contributed by atoms with Gasteiger partial charge in [0.2, 0.25) is 0 Å². The van der Waals surface area contributed by atoms with E-state index < -0.39 is 0 Å². The summed E-state index contributed by atoms with van der Waals surface area (Å²) in [7, 11) is 0. The third kappa shape index (κ3) is 2.06. The van der Waals surface area contributed by atoms with E-state index in [2.05, 4.69) is 22.4 Å². The molecular weight excluding hydrogens is 152 g/mol. The number of morpholine rings is 1. The van der Waals surface area contributed by atoms with Gasteiger partial charge in [-0.2, -0.15) is 0 Å². The molecule has 1 fully saturated rings. The van der Waals surface area contributed by atoms with Crippen molar-refractivity contribution in [3.8, 4) is 0 Å². The van der Waals surface area contributed by atoms with Gasteiger partial charge in [-0.15, -0.1) is 0 Å². The maximum Gasteiger partial charge on any atom is 0.0826 e. The minimum absolute atomic E-state index is 0.402. The molecule has 12 heavy (non-hydrogen) atoms. The molecule has 2 aliphatic rings. The van der Waals surface area contributed by atoms with Gasteiger partial charge in [0, 0.05) is 32.7 Å². The van der Waals surface area contributed by atoms with Gasteiger partial charge in [0.1, 0.15) is 0 Å². The van der Waals surface area contributed by atoms with Crippen LogP contribution in [0.25, 0.3) is 0 Å². The van der Waals surface area contributed by atoms with E-state index in [-0.39, 0.29) is 0 Å². The molecule has 1 N–H and O–H groups in total. The fraction of sp³-hybridized carbons (Fsp3) is 0.778. The second kappa shape index (κ2) is 4.03. The van der Waals surface area contributed by atoms with Crippen LogP contribution in [0.5, 0.6) is 0 Å². The topological polar surface area (TPSA) is 24.5 Å². The zero-order chi connectivity index (χ0) is 8.23. The van der Waals surface area contributed by atoms with Crippen molar-refractivity contribution < 1.29 is 4.74 Å². The number of rotatable bonds is 2. The predicted molar refractivity (Wildman–Crippen MR) is 48.2 cm³/mol. The lowest BCUT2D eigenvalue weighted by atomic mass is 10.3. The van der Waals surface area contributed by atoms with Gasteiger partial charge in [0.25, 0.3) is 0 Å². The molecule has 0 spiro atoms. The third-order valence-electron chi connectivity index (χ3n) is 2.36. The van der Waals surface area contributed by atoms with Gasteiger partial charge in [-0.3, -0.25) is 4.90 Å². The SMILES string of the molecule is C1=CCN(CC2CNCCO2)C1. The maximum atomic E-state index is 5.61. The van der Waals surface area contributed by atoms with Crippen LogP contribution in [0.2, 0.25) is 0 Å². The van der Waals surface area contributed by atoms with Crippen molar-refractivity contribution in [3.05, 3.63) is 12.2 Å². The molecule has 2 rings (SSSR count). The standard InChI is InChI=1S/C9H16N2O/c1-2-5-11(4-1)8-9-7-10-3-6-12-9/h1-2,9-10H,3-8H2. The Balaban J connectivity index is 1.70. The minimum atomic E-state index is 0.402. The molecule has 0 aromatic rings. The Morgan fingerprint density at radius 2 is 2.25 bits per heavy atom. The van der Waals surface area contributed by atoms with E-state index in [1.165, 1.54) is 0 Å². The Morgan fingerprint density at radius 1 is 1.42 bits per heavy atom. The third-order valence-corrected chi connectivity index (χ3v) is 2.36. The maximum absolute atomic E-state index is 5.61. The molecule has 0 aliphatic carbocycles. The Labute approximate surface area is 73.4 Å². The molecule has 2 aliphatic heterocycles. The van der Waals surface area contributed by atoms with Gasteiger partial charge < -0.3 is 10.1 Å². The minimum Gasteiger partial charge on any atom is -0.374 e. The molecule has 3 heteroatoms. The second-order valence-electron chi connectivity index (χ2n) is 3.39. The molecule has 0 saturated carbocycles. The molecule has 1 saturated heterocycles. The first-order valence-electron chi connectivity index (χ1n) is 4.65. The van der Waals surface area contributed by atoms with Gasteiger partial charge in [-0.1, -0.05) is 12.2 Å². The van der Waals surface area contributed by atoms with Gasteiger partial charge in [-0.05, 0) is 0 Å². The van der Waals surface area contributed by atoms with Crippen LogP contribution in [0.1, 0.15) is 0 Å². The average Bonchev–Trinajstić information content (AvgIpc) is 2.59. The Bertz CT molecular complexity index is 156. The lowest BCUT2D eigenvalue weighted by molar-refractivity contribution is 0.0105. The lowest BCUT2D eigenvalue weighted by Crippen LogP contribution is -2.44. The molecule has 68 valence electrons. The van der Waals surface area contributed by atoms with E-state index in [9.17, 15) is 0 Å². The predicted octanol–water partition coefficient (Wildman–Crippen LogP) is -0.153. The summed E-state index contributed by atoms with van der Waals surface area (Å²) in [5, 5.41) is 3.34. The smallest absolute Gasteiger partial charge is 0.0826 e. The van der Waals surface area contributed by atoms with E-state index in [1.54, 1.807) is 0 Å². The fourth-order valence-electron chi connectivity index (χ4n) is 1.70. The zero-order valence-corrected chi connectivity index (χ0v) is 7.33. The summed E-state index contributed by atoms with van der Waals surface area (Å²) in [6.45, 7) is 6.15. The van der Waals surface area contributed by atoms with Crippen LogP contribution in [0.15, 0.2) is 12.2 Å². The van der Waals surface area contributed by atoms with Crippen LogP contribution in [-0.2, 0) is 4.74 Å². The summed E-state index contributed by atoms with van der Waals surface area (Å²) in [6, 6.07) is 0. The Morgan fingerprint density at radius 3 is 2.92 bits per heavy atom. The summed E-state index contributed by atoms with van der Waals surface area (Å²) in [5.74, 6) is 0. The van der Waals surface area contributed by atoms with Crippen LogP contribution in [-0.4, -0.2) is 50.3 Å². The normalized spacial score (nSPS) is 31.2. The molecule has 0 radical (unpaired) electrons. The first-order chi connectivity index (χ1) is 5.95. The number of hydrogen-bond donors (Lipinski definition) is 1. The molecule has 1 unspecified atom stereocenters. The van der Waals surface area contributed by atoms with Crippen LogP contribution in [0.4, 0.5) is 0 Å². The highest BCUT2D eigenvalue weighted by Crippen LogP contribution is 2.03. The zero-order valence-electron chi connectivity index (χ0n) is 7.33. The molecule has 0 aromatic heterocycles. The van der Waals surface area contributed by atoms with Crippen molar-refractivity contribution in [1.82, 2.24) is 10.2 Å². The molecule has 0 aromatic carbocycles. The second-order valence-corrected chi connectivity index (χ2v) is 3.39. The van der Waals surface area contributed by atoms with Gasteiger partial charge in [-0.25, -0.2) is 0 Å². The van der Waals surface area contributed by atoms with Gasteiger partial charge in [0.05, 0.1) is 12.7 Å². The molecule has 3 nitrogen and oxygen atoms in total. The number of nitrogens with one attached hydrogen (secondary N) is 1. The van der Waals surface area contributed by atoms with Crippen molar-refractivity contribution in [1.29, 1.82) is 0 Å². The van der Waals surface area contributed by atoms with Crippen molar-refractivity contribution in [2.45, 2.75) is 6.10 Å². The first kappa shape index (κ1) is 8.23. The van der Waals surface area contributed by atoms with Crippen molar-refractivity contribution in [3.63, 3.8) is 0 Å². The van der Waals surface area contributed by atoms with E-state index in [0.717, 1.165) is 39.3 Å². The molecule has 0 bridgehead atoms. The summed E-state index contributed by atoms with van der Waals surface area (Å²) < 4.78 is 5.61. The number of nitrogens with zero attached hydrogens (tertiary/aromatic N) is 1. The van der Waals surface area contributed by atoms with Gasteiger partial charge in [0.15, 0.2) is 0 Å². The van der Waals surface area contributed by atoms with Crippen LogP contribution in [0, 0.1) is 0 Å². The van der Waals surface area contributed by atoms with Crippen molar-refractivity contribution in [2.24, 2.45) is 0 Å². The Kier molecular flexibility index (Phi) is 2.76. The van der Waals surface area contributed by atoms with E-state index in [0.29, 0.717) is 6.10 Å². The van der Waals surface area contributed by atoms with Crippen LogP contribution < -0.4 is 5.32 Å². The Hall–Kier alpha value is -0.380. The van der Waals surface area contributed by atoms with E-state index in [4.69, 9.17) is 4.74 Å². The summed E-state index contributed by atoms with van der Waals surface area (Å²) >= 11 is 0. The van der Waals surface area contributed by atoms with Gasteiger partial charge >= 0.3 is 0 Å². The highest BCUT2D eigenvalue weighted by Gasteiger charge is 2.17. The fourth-order valence-corrected chi connectivity index (χ4v) is 1.70. The van der Waals surface area contributed by atoms with Crippen molar-refractivity contribution in [2.75, 3.05) is 39.3 Å². The highest BCUT2D eigenvalue weighted by molar-refractivity contribution is 4.96. The summed E-state index contributed by atoms with van der Waals surface area (Å²) in [4.78, 5) is 2.40. The number of ether oxygens (including phenoxy) is 1.